The predicted octanol–water partition coefficient (Wildman–Crippen LogP) is 2.59. The molecule has 0 atom stereocenters. The Balaban J connectivity index is 1.94. The van der Waals surface area contributed by atoms with E-state index in [9.17, 15) is 0 Å². The summed E-state index contributed by atoms with van der Waals surface area (Å²) < 4.78 is 7.36. The number of aromatic nitrogens is 3. The molecule has 0 radical (unpaired) electrons. The Morgan fingerprint density at radius 2 is 2.05 bits per heavy atom. The first-order valence-electron chi connectivity index (χ1n) is 6.41. The van der Waals surface area contributed by atoms with Crippen molar-refractivity contribution in [2.45, 2.75) is 6.54 Å². The number of hydrogen-bond acceptors (Lipinski definition) is 4. The number of imidazole rings is 1. The van der Waals surface area contributed by atoms with E-state index in [1.807, 2.05) is 42.1 Å². The summed E-state index contributed by atoms with van der Waals surface area (Å²) in [5, 5.41) is 5.42. The molecule has 0 saturated carbocycles. The van der Waals surface area contributed by atoms with Crippen LogP contribution >= 0.6 is 0 Å². The molecule has 0 aliphatic rings. The zero-order valence-corrected chi connectivity index (χ0v) is 11.5. The first-order valence-corrected chi connectivity index (χ1v) is 6.41. The second-order valence-corrected chi connectivity index (χ2v) is 4.52. The molecule has 3 aromatic rings. The molecular weight excluding hydrogens is 252 g/mol. The Morgan fingerprint density at radius 3 is 2.80 bits per heavy atom. The highest BCUT2D eigenvalue weighted by atomic mass is 16.5. The topological polar surface area (TPSA) is 52.0 Å². The molecule has 3 rings (SSSR count). The second kappa shape index (κ2) is 5.21. The van der Waals surface area contributed by atoms with Crippen LogP contribution in [-0.4, -0.2) is 21.6 Å². The van der Waals surface area contributed by atoms with Gasteiger partial charge in [-0.05, 0) is 12.1 Å². The lowest BCUT2D eigenvalue weighted by atomic mass is 10.1. The summed E-state index contributed by atoms with van der Waals surface area (Å²) >= 11 is 0. The van der Waals surface area contributed by atoms with E-state index in [1.165, 1.54) is 0 Å². The summed E-state index contributed by atoms with van der Waals surface area (Å²) in [5.41, 5.74) is 0. The lowest BCUT2D eigenvalue weighted by molar-refractivity contribution is 0.420. The number of pyridine rings is 1. The molecule has 0 unspecified atom stereocenters. The van der Waals surface area contributed by atoms with Gasteiger partial charge >= 0.3 is 0 Å². The molecule has 0 bridgehead atoms. The fraction of sp³-hybridized carbons (Fsp3) is 0.200. The highest BCUT2D eigenvalue weighted by molar-refractivity contribution is 5.95. The van der Waals surface area contributed by atoms with Gasteiger partial charge in [-0.2, -0.15) is 0 Å². The molecule has 0 saturated heterocycles. The monoisotopic (exact) mass is 268 g/mol. The van der Waals surface area contributed by atoms with E-state index in [4.69, 9.17) is 4.74 Å². The quantitative estimate of drug-likeness (QED) is 0.790. The molecule has 1 N–H and O–H groups in total. The van der Waals surface area contributed by atoms with Crippen LogP contribution in [0, 0.1) is 0 Å². The normalized spacial score (nSPS) is 10.7. The van der Waals surface area contributed by atoms with Crippen molar-refractivity contribution in [2.24, 2.45) is 7.05 Å². The summed E-state index contributed by atoms with van der Waals surface area (Å²) in [6, 6.07) is 7.91. The van der Waals surface area contributed by atoms with E-state index in [0.717, 1.165) is 28.2 Å². The predicted molar refractivity (Wildman–Crippen MR) is 78.8 cm³/mol. The van der Waals surface area contributed by atoms with Gasteiger partial charge in [-0.25, -0.2) is 9.97 Å². The number of ether oxygens (including phenoxy) is 1. The van der Waals surface area contributed by atoms with Crippen molar-refractivity contribution in [1.82, 2.24) is 14.5 Å². The number of anilines is 1. The van der Waals surface area contributed by atoms with Crippen molar-refractivity contribution in [3.63, 3.8) is 0 Å². The smallest absolute Gasteiger partial charge is 0.134 e. The van der Waals surface area contributed by atoms with E-state index in [2.05, 4.69) is 15.3 Å². The van der Waals surface area contributed by atoms with Crippen LogP contribution in [0.4, 0.5) is 5.82 Å². The highest BCUT2D eigenvalue weighted by Gasteiger charge is 2.07. The Bertz CT molecular complexity index is 736. The van der Waals surface area contributed by atoms with E-state index >= 15 is 0 Å². The Kier molecular flexibility index (Phi) is 3.25. The molecular formula is C15H16N4O. The molecule has 5 heteroatoms. The molecule has 0 spiro atoms. The van der Waals surface area contributed by atoms with Crippen LogP contribution in [-0.2, 0) is 13.6 Å². The summed E-state index contributed by atoms with van der Waals surface area (Å²) in [5.74, 6) is 2.65. The molecule has 2 aromatic heterocycles. The van der Waals surface area contributed by atoms with Crippen LogP contribution in [0.3, 0.4) is 0 Å². The average Bonchev–Trinajstić information content (AvgIpc) is 2.89. The van der Waals surface area contributed by atoms with Gasteiger partial charge in [0.2, 0.25) is 0 Å². The summed E-state index contributed by atoms with van der Waals surface area (Å²) in [4.78, 5) is 8.70. The average molecular weight is 268 g/mol. The van der Waals surface area contributed by atoms with Gasteiger partial charge in [-0.15, -0.1) is 0 Å². The summed E-state index contributed by atoms with van der Waals surface area (Å²) in [6.07, 6.45) is 5.50. The van der Waals surface area contributed by atoms with Crippen LogP contribution in [0.2, 0.25) is 0 Å². The number of methoxy groups -OCH3 is 1. The number of fused-ring (bicyclic) bond motifs is 1. The number of aryl methyl sites for hydroxylation is 1. The molecule has 0 fully saturated rings. The van der Waals surface area contributed by atoms with E-state index in [0.29, 0.717) is 6.54 Å². The second-order valence-electron chi connectivity index (χ2n) is 4.52. The van der Waals surface area contributed by atoms with Gasteiger partial charge in [-0.1, -0.05) is 12.1 Å². The number of hydrogen-bond donors (Lipinski definition) is 1. The van der Waals surface area contributed by atoms with Gasteiger partial charge in [-0.3, -0.25) is 0 Å². The maximum Gasteiger partial charge on any atom is 0.134 e. The molecule has 5 nitrogen and oxygen atoms in total. The van der Waals surface area contributed by atoms with Gasteiger partial charge in [0.05, 0.1) is 13.7 Å². The van der Waals surface area contributed by atoms with Crippen molar-refractivity contribution in [2.75, 3.05) is 12.4 Å². The molecule has 0 aliphatic carbocycles. The minimum absolute atomic E-state index is 0.632. The number of benzene rings is 1. The number of rotatable bonds is 4. The first kappa shape index (κ1) is 12.5. The van der Waals surface area contributed by atoms with Crippen molar-refractivity contribution in [1.29, 1.82) is 0 Å². The van der Waals surface area contributed by atoms with Crippen molar-refractivity contribution in [3.05, 3.63) is 48.7 Å². The lowest BCUT2D eigenvalue weighted by Crippen LogP contribution is -2.07. The molecule has 0 aliphatic heterocycles. The molecule has 0 amide bonds. The van der Waals surface area contributed by atoms with Crippen LogP contribution in [0.5, 0.6) is 5.75 Å². The number of nitrogens with zero attached hydrogens (tertiary/aromatic N) is 3. The van der Waals surface area contributed by atoms with Gasteiger partial charge in [0, 0.05) is 36.4 Å². The van der Waals surface area contributed by atoms with Crippen LogP contribution in [0.1, 0.15) is 5.82 Å². The molecule has 2 heterocycles. The van der Waals surface area contributed by atoms with Gasteiger partial charge < -0.3 is 14.6 Å². The van der Waals surface area contributed by atoms with Crippen molar-refractivity contribution >= 4 is 16.6 Å². The third-order valence-electron chi connectivity index (χ3n) is 3.32. The summed E-state index contributed by atoms with van der Waals surface area (Å²) in [7, 11) is 3.65. The maximum atomic E-state index is 5.38. The third-order valence-corrected chi connectivity index (χ3v) is 3.32. The lowest BCUT2D eigenvalue weighted by Gasteiger charge is -2.10. The van der Waals surface area contributed by atoms with Crippen LogP contribution in [0.25, 0.3) is 10.8 Å². The standard InChI is InChI=1S/C15H16N4O/c1-19-9-8-16-14(19)10-18-15-12-4-3-5-13(20-2)11(12)6-7-17-15/h3-9H,10H2,1-2H3,(H,17,18). The highest BCUT2D eigenvalue weighted by Crippen LogP contribution is 2.29. The van der Waals surface area contributed by atoms with Crippen LogP contribution in [0.15, 0.2) is 42.9 Å². The minimum atomic E-state index is 0.632. The maximum absolute atomic E-state index is 5.38. The zero-order valence-electron chi connectivity index (χ0n) is 11.5. The minimum Gasteiger partial charge on any atom is -0.496 e. The van der Waals surface area contributed by atoms with E-state index in [1.54, 1.807) is 19.5 Å². The Hall–Kier alpha value is -2.56. The Labute approximate surface area is 117 Å². The SMILES string of the molecule is COc1cccc2c(NCc3nccn3C)nccc12. The van der Waals surface area contributed by atoms with E-state index in [-0.39, 0.29) is 0 Å². The molecule has 1 aromatic carbocycles. The largest absolute Gasteiger partial charge is 0.496 e. The Morgan fingerprint density at radius 1 is 1.15 bits per heavy atom. The van der Waals surface area contributed by atoms with Crippen LogP contribution < -0.4 is 10.1 Å². The summed E-state index contributed by atoms with van der Waals surface area (Å²) in [6.45, 7) is 0.632. The third kappa shape index (κ3) is 2.18. The van der Waals surface area contributed by atoms with Crippen molar-refractivity contribution in [3.8, 4) is 5.75 Å². The zero-order chi connectivity index (χ0) is 13.9. The fourth-order valence-electron chi connectivity index (χ4n) is 2.23. The number of nitrogens with one attached hydrogen (secondary N) is 1. The van der Waals surface area contributed by atoms with Gasteiger partial charge in [0.15, 0.2) is 0 Å². The van der Waals surface area contributed by atoms with Gasteiger partial charge in [0.1, 0.15) is 17.4 Å². The van der Waals surface area contributed by atoms with Crippen molar-refractivity contribution < 1.29 is 4.74 Å². The molecule has 102 valence electrons. The fourth-order valence-corrected chi connectivity index (χ4v) is 2.23. The molecule has 20 heavy (non-hydrogen) atoms. The van der Waals surface area contributed by atoms with Gasteiger partial charge in [0.25, 0.3) is 0 Å². The van der Waals surface area contributed by atoms with E-state index < -0.39 is 0 Å². The first-order chi connectivity index (χ1) is 9.79.